The van der Waals surface area contributed by atoms with Crippen LogP contribution >= 0.6 is 0 Å². The second kappa shape index (κ2) is 7.84. The summed E-state index contributed by atoms with van der Waals surface area (Å²) >= 11 is 0. The van der Waals surface area contributed by atoms with Gasteiger partial charge in [0.1, 0.15) is 6.10 Å². The van der Waals surface area contributed by atoms with E-state index < -0.39 is 40.6 Å². The fraction of sp³-hybridized carbons (Fsp3) is 0.567. The van der Waals surface area contributed by atoms with Crippen molar-refractivity contribution in [2.45, 2.75) is 81.6 Å². The highest BCUT2D eigenvalue weighted by Gasteiger charge is 2.69. The second-order valence-corrected chi connectivity index (χ2v) is 12.7. The first-order valence-corrected chi connectivity index (χ1v) is 13.7. The molecule has 6 nitrogen and oxygen atoms in total. The summed E-state index contributed by atoms with van der Waals surface area (Å²) in [6, 6.07) is 5.56. The van der Waals surface area contributed by atoms with Crippen molar-refractivity contribution in [1.82, 2.24) is 15.1 Å². The lowest BCUT2D eigenvalue weighted by molar-refractivity contribution is -0.170. The molecule has 0 amide bonds. The normalized spacial score (nSPS) is 39.5. The van der Waals surface area contributed by atoms with Crippen LogP contribution in [0.3, 0.4) is 0 Å². The number of likely N-dealkylation sites (N-methyl/N-ethyl adjacent to an activating group) is 1. The van der Waals surface area contributed by atoms with Gasteiger partial charge in [-0.15, -0.1) is 0 Å². The van der Waals surface area contributed by atoms with Crippen LogP contribution < -0.4 is 0 Å². The molecule has 3 aliphatic carbocycles. The van der Waals surface area contributed by atoms with Gasteiger partial charge in [-0.3, -0.25) is 5.10 Å². The number of allylic oxidation sites excluding steroid dienone is 3. The third-order valence-electron chi connectivity index (χ3n) is 10.6. The number of aryl methyl sites for hydroxylation is 1. The Labute approximate surface area is 225 Å². The van der Waals surface area contributed by atoms with Gasteiger partial charge in [-0.05, 0) is 87.5 Å². The molecular weight excluding hydrogens is 507 g/mol. The molecule has 1 aromatic heterocycles. The number of ether oxygens (including phenoxy) is 1. The van der Waals surface area contributed by atoms with Gasteiger partial charge in [0.05, 0.1) is 22.8 Å². The lowest BCUT2D eigenvalue weighted by Gasteiger charge is -2.57. The first-order chi connectivity index (χ1) is 18.3. The van der Waals surface area contributed by atoms with Gasteiger partial charge in [0.15, 0.2) is 0 Å². The van der Waals surface area contributed by atoms with Gasteiger partial charge >= 0.3 is 6.18 Å². The minimum absolute atomic E-state index is 0.158. The summed E-state index contributed by atoms with van der Waals surface area (Å²) in [6.45, 7) is 3.91. The molecular formula is C30H34F3N3O3. The van der Waals surface area contributed by atoms with Crippen LogP contribution in [-0.2, 0) is 4.74 Å². The standard InChI is InChI=1S/C30H34F3N3O3/c1-15-17-11-16(5-7-22(17)35-34-15)18-6-8-24-27(18,2)13-21(30(31,32)33)19-12-20-25(37)26(38)23(36(3)4)14-28(20)9-10-29(19,24)39-28/h5-7,11-12,23-26,37-38H,8-10,13-14H2,1-4H3,(H,34,35)/t23-,24?,25+,26+,27+,28+,29+/m0/s1. The lowest BCUT2D eigenvalue weighted by Crippen LogP contribution is -2.62. The first-order valence-electron chi connectivity index (χ1n) is 13.7. The Balaban J connectivity index is 1.40. The number of hydrogen-bond donors (Lipinski definition) is 3. The molecule has 0 radical (unpaired) electrons. The molecule has 39 heavy (non-hydrogen) atoms. The monoisotopic (exact) mass is 541 g/mol. The third-order valence-corrected chi connectivity index (χ3v) is 10.6. The average molecular weight is 542 g/mol. The van der Waals surface area contributed by atoms with Crippen LogP contribution in [-0.4, -0.2) is 75.0 Å². The Morgan fingerprint density at radius 3 is 2.67 bits per heavy atom. The summed E-state index contributed by atoms with van der Waals surface area (Å²) in [5.74, 6) is -0.179. The van der Waals surface area contributed by atoms with E-state index in [-0.39, 0.29) is 24.0 Å². The third kappa shape index (κ3) is 3.21. The average Bonchev–Trinajstić information content (AvgIpc) is 3.52. The Hall–Kier alpha value is -2.46. The van der Waals surface area contributed by atoms with Crippen LogP contribution in [0, 0.1) is 18.3 Å². The van der Waals surface area contributed by atoms with Crippen LogP contribution in [0.15, 0.2) is 47.1 Å². The molecule has 2 spiro atoms. The minimum atomic E-state index is -4.55. The van der Waals surface area contributed by atoms with Gasteiger partial charge < -0.3 is 19.8 Å². The number of H-pyrrole nitrogens is 1. The zero-order chi connectivity index (χ0) is 27.7. The summed E-state index contributed by atoms with van der Waals surface area (Å²) in [7, 11) is 3.69. The maximum atomic E-state index is 14.9. The highest BCUT2D eigenvalue weighted by Crippen LogP contribution is 2.70. The number of rotatable bonds is 2. The Morgan fingerprint density at radius 2 is 1.95 bits per heavy atom. The molecule has 3 heterocycles. The van der Waals surface area contributed by atoms with Gasteiger partial charge in [-0.2, -0.15) is 18.3 Å². The van der Waals surface area contributed by atoms with E-state index in [1.54, 1.807) is 6.08 Å². The molecule has 5 aliphatic rings. The number of aromatic amines is 1. The minimum Gasteiger partial charge on any atom is -0.388 e. The number of aliphatic hydroxyl groups is 2. The van der Waals surface area contributed by atoms with E-state index in [0.29, 0.717) is 31.3 Å². The summed E-state index contributed by atoms with van der Waals surface area (Å²) in [5.41, 5.74) is 0.800. The number of aliphatic hydroxyl groups excluding tert-OH is 2. The molecule has 2 bridgehead atoms. The smallest absolute Gasteiger partial charge is 0.388 e. The molecule has 2 aromatic rings. The van der Waals surface area contributed by atoms with Crippen molar-refractivity contribution in [3.8, 4) is 0 Å². The molecule has 1 unspecified atom stereocenters. The van der Waals surface area contributed by atoms with E-state index in [9.17, 15) is 23.4 Å². The fourth-order valence-electron chi connectivity index (χ4n) is 8.68. The van der Waals surface area contributed by atoms with Crippen molar-refractivity contribution in [3.05, 3.63) is 58.3 Å². The number of aromatic nitrogens is 2. The lowest BCUT2D eigenvalue weighted by atomic mass is 9.56. The van der Waals surface area contributed by atoms with Gasteiger partial charge in [0.25, 0.3) is 0 Å². The number of nitrogens with one attached hydrogen (secondary N) is 1. The molecule has 1 saturated heterocycles. The molecule has 9 heteroatoms. The Morgan fingerprint density at radius 1 is 1.18 bits per heavy atom. The SMILES string of the molecule is Cc1[nH]nc2ccc(C3=CCC4[C@]3(C)CC(C(F)(F)F)=C3C=C5[C@@H](O)[C@H](O)[C@@H](N(C)C)C[C@]56CC[C@@]34O6)cc12. The van der Waals surface area contributed by atoms with E-state index in [4.69, 9.17) is 4.74 Å². The first kappa shape index (κ1) is 25.5. The molecule has 208 valence electrons. The van der Waals surface area contributed by atoms with Crippen LogP contribution in [0.4, 0.5) is 13.2 Å². The quantitative estimate of drug-likeness (QED) is 0.508. The van der Waals surface area contributed by atoms with E-state index in [0.717, 1.165) is 27.7 Å². The number of benzene rings is 1. The van der Waals surface area contributed by atoms with E-state index in [1.165, 1.54) is 0 Å². The second-order valence-electron chi connectivity index (χ2n) is 12.7. The maximum Gasteiger partial charge on any atom is 0.413 e. The van der Waals surface area contributed by atoms with Crippen molar-refractivity contribution >= 4 is 16.5 Å². The summed E-state index contributed by atoms with van der Waals surface area (Å²) in [6.07, 6.45) is -1.40. The molecule has 3 N–H and O–H groups in total. The number of hydrogen-bond acceptors (Lipinski definition) is 5. The Bertz CT molecular complexity index is 1490. The van der Waals surface area contributed by atoms with Crippen LogP contribution in [0.25, 0.3) is 16.5 Å². The van der Waals surface area contributed by atoms with Crippen molar-refractivity contribution in [2.24, 2.45) is 11.3 Å². The van der Waals surface area contributed by atoms with Crippen molar-refractivity contribution in [2.75, 3.05) is 14.1 Å². The Kier molecular flexibility index (Phi) is 5.13. The van der Waals surface area contributed by atoms with E-state index in [2.05, 4.69) is 16.3 Å². The molecule has 1 saturated carbocycles. The van der Waals surface area contributed by atoms with Gasteiger partial charge in [0, 0.05) is 34.0 Å². The van der Waals surface area contributed by atoms with Gasteiger partial charge in [0.2, 0.25) is 0 Å². The van der Waals surface area contributed by atoms with E-state index >= 15 is 0 Å². The van der Waals surface area contributed by atoms with Crippen LogP contribution in [0.1, 0.15) is 50.3 Å². The largest absolute Gasteiger partial charge is 0.413 e. The van der Waals surface area contributed by atoms with Crippen LogP contribution in [0.2, 0.25) is 0 Å². The van der Waals surface area contributed by atoms with E-state index in [1.807, 2.05) is 51.0 Å². The predicted octanol–water partition coefficient (Wildman–Crippen LogP) is 4.83. The van der Waals surface area contributed by atoms with Crippen LogP contribution in [0.5, 0.6) is 0 Å². The highest BCUT2D eigenvalue weighted by molar-refractivity contribution is 5.87. The molecule has 2 aliphatic heterocycles. The summed E-state index contributed by atoms with van der Waals surface area (Å²) < 4.78 is 51.6. The topological polar surface area (TPSA) is 81.6 Å². The molecule has 2 fully saturated rings. The number of halogens is 3. The van der Waals surface area contributed by atoms with Crippen molar-refractivity contribution < 1.29 is 28.1 Å². The zero-order valence-electron chi connectivity index (χ0n) is 22.6. The fourth-order valence-corrected chi connectivity index (χ4v) is 8.68. The maximum absolute atomic E-state index is 14.9. The number of fused-ring (bicyclic) bond motifs is 2. The highest BCUT2D eigenvalue weighted by atomic mass is 19.4. The summed E-state index contributed by atoms with van der Waals surface area (Å²) in [4.78, 5) is 1.87. The summed E-state index contributed by atoms with van der Waals surface area (Å²) in [5, 5.41) is 30.3. The van der Waals surface area contributed by atoms with Gasteiger partial charge in [-0.1, -0.05) is 25.1 Å². The number of nitrogens with zero attached hydrogens (tertiary/aromatic N) is 2. The molecule has 1 aromatic carbocycles. The molecule has 7 rings (SSSR count). The van der Waals surface area contributed by atoms with Crippen molar-refractivity contribution in [1.29, 1.82) is 0 Å². The number of alkyl halides is 3. The zero-order valence-corrected chi connectivity index (χ0v) is 22.6. The van der Waals surface area contributed by atoms with Gasteiger partial charge in [-0.25, -0.2) is 0 Å². The predicted molar refractivity (Wildman–Crippen MR) is 141 cm³/mol. The molecule has 7 atom stereocenters. The van der Waals surface area contributed by atoms with Crippen molar-refractivity contribution in [3.63, 3.8) is 0 Å².